The van der Waals surface area contributed by atoms with Gasteiger partial charge in [0, 0.05) is 30.2 Å². The minimum absolute atomic E-state index is 0.0623. The molecule has 1 aliphatic rings. The highest BCUT2D eigenvalue weighted by Gasteiger charge is 2.39. The van der Waals surface area contributed by atoms with Gasteiger partial charge in [0.2, 0.25) is 5.76 Å². The number of rotatable bonds is 2. The van der Waals surface area contributed by atoms with E-state index in [1.165, 1.54) is 6.92 Å². The molecule has 1 fully saturated rings. The number of carbonyl (C=O) groups is 1. The first kappa shape index (κ1) is 16.4. The van der Waals surface area contributed by atoms with Crippen molar-refractivity contribution < 1.29 is 22.5 Å². The molecule has 0 saturated carbocycles. The van der Waals surface area contributed by atoms with Crippen LogP contribution in [0.3, 0.4) is 0 Å². The first-order chi connectivity index (χ1) is 10.9. The van der Waals surface area contributed by atoms with Crippen LogP contribution >= 0.6 is 23.1 Å². The normalized spacial score (nSPS) is 15.9. The Bertz CT molecular complexity index is 718. The highest BCUT2D eigenvalue weighted by Crippen LogP contribution is 2.38. The Kier molecular flexibility index (Phi) is 4.41. The number of aromatic nitrogens is 1. The lowest BCUT2D eigenvalue weighted by atomic mass is 10.2. The zero-order valence-electron chi connectivity index (χ0n) is 12.1. The average Bonchev–Trinajstić information content (AvgIpc) is 3.13. The van der Waals surface area contributed by atoms with Gasteiger partial charge in [-0.25, -0.2) is 0 Å². The molecule has 2 aromatic heterocycles. The molecule has 1 amide bonds. The summed E-state index contributed by atoms with van der Waals surface area (Å²) in [5, 5.41) is 3.52. The highest BCUT2D eigenvalue weighted by atomic mass is 32.2. The molecule has 0 bridgehead atoms. The van der Waals surface area contributed by atoms with E-state index in [1.807, 2.05) is 0 Å². The number of amides is 1. The van der Waals surface area contributed by atoms with Gasteiger partial charge in [0.15, 0.2) is 0 Å². The van der Waals surface area contributed by atoms with E-state index in [-0.39, 0.29) is 17.2 Å². The Balaban J connectivity index is 1.85. The fraction of sp³-hybridized carbons (Fsp3) is 0.429. The van der Waals surface area contributed by atoms with Crippen LogP contribution in [0.2, 0.25) is 0 Å². The predicted molar refractivity (Wildman–Crippen MR) is 82.8 cm³/mol. The summed E-state index contributed by atoms with van der Waals surface area (Å²) in [6, 6.07) is 3.24. The minimum atomic E-state index is -4.57. The molecule has 0 atom stereocenters. The molecule has 124 valence electrons. The summed E-state index contributed by atoms with van der Waals surface area (Å²) in [6.45, 7) is 2.70. The van der Waals surface area contributed by atoms with Crippen molar-refractivity contribution in [1.82, 2.24) is 10.1 Å². The molecule has 4 nitrogen and oxygen atoms in total. The van der Waals surface area contributed by atoms with E-state index in [1.54, 1.807) is 28.8 Å². The van der Waals surface area contributed by atoms with Gasteiger partial charge in [-0.05, 0) is 19.1 Å². The lowest BCUT2D eigenvalue weighted by Crippen LogP contribution is -2.37. The second kappa shape index (κ2) is 6.20. The van der Waals surface area contributed by atoms with Crippen LogP contribution in [0.5, 0.6) is 0 Å². The number of nitrogens with zero attached hydrogens (tertiary/aromatic N) is 2. The minimum Gasteiger partial charge on any atom is -0.351 e. The van der Waals surface area contributed by atoms with Crippen molar-refractivity contribution in [2.45, 2.75) is 13.1 Å². The number of thioether (sulfide) groups is 1. The van der Waals surface area contributed by atoms with Gasteiger partial charge in [-0.15, -0.1) is 11.3 Å². The maximum atomic E-state index is 12.8. The van der Waals surface area contributed by atoms with E-state index in [2.05, 4.69) is 9.68 Å². The van der Waals surface area contributed by atoms with E-state index in [0.717, 1.165) is 22.8 Å². The van der Waals surface area contributed by atoms with Gasteiger partial charge in [-0.3, -0.25) is 4.79 Å². The van der Waals surface area contributed by atoms with E-state index in [0.29, 0.717) is 22.8 Å². The molecule has 0 aromatic carbocycles. The topological polar surface area (TPSA) is 46.3 Å². The summed E-state index contributed by atoms with van der Waals surface area (Å²) in [5.41, 5.74) is 0.0725. The van der Waals surface area contributed by atoms with Crippen molar-refractivity contribution >= 4 is 29.0 Å². The first-order valence-corrected chi connectivity index (χ1v) is 8.85. The van der Waals surface area contributed by atoms with E-state index >= 15 is 0 Å². The van der Waals surface area contributed by atoms with Gasteiger partial charge < -0.3 is 9.42 Å². The average molecular weight is 362 g/mol. The SMILES string of the molecule is Cc1c(-c2ccc(C(=O)N3CCSCC3)s2)noc1C(F)(F)F. The number of hydrogen-bond donors (Lipinski definition) is 0. The number of thiophene rings is 1. The lowest BCUT2D eigenvalue weighted by Gasteiger charge is -2.25. The molecule has 0 N–H and O–H groups in total. The van der Waals surface area contributed by atoms with Gasteiger partial charge in [0.25, 0.3) is 5.91 Å². The van der Waals surface area contributed by atoms with Crippen molar-refractivity contribution in [2.24, 2.45) is 0 Å². The standard InChI is InChI=1S/C14H13F3N2O2S2/c1-8-11(18-21-12(8)14(15,16)17)9-2-3-10(23-9)13(20)19-4-6-22-7-5-19/h2-3H,4-7H2,1H3. The van der Waals surface area contributed by atoms with Crippen LogP contribution in [0.25, 0.3) is 10.6 Å². The molecule has 23 heavy (non-hydrogen) atoms. The molecule has 1 saturated heterocycles. The molecule has 0 aliphatic carbocycles. The summed E-state index contributed by atoms with van der Waals surface area (Å²) < 4.78 is 42.7. The van der Waals surface area contributed by atoms with Crippen LogP contribution < -0.4 is 0 Å². The van der Waals surface area contributed by atoms with E-state index < -0.39 is 11.9 Å². The third-order valence-electron chi connectivity index (χ3n) is 3.53. The second-order valence-corrected chi connectivity index (χ2v) is 7.36. The Hall–Kier alpha value is -1.48. The van der Waals surface area contributed by atoms with Crippen LogP contribution in [0.4, 0.5) is 13.2 Å². The molecule has 0 radical (unpaired) electrons. The van der Waals surface area contributed by atoms with Crippen LogP contribution in [-0.2, 0) is 6.18 Å². The Morgan fingerprint density at radius 2 is 2.00 bits per heavy atom. The van der Waals surface area contributed by atoms with E-state index in [4.69, 9.17) is 0 Å². The predicted octanol–water partition coefficient (Wildman–Crippen LogP) is 3.92. The molecular formula is C14H13F3N2O2S2. The third kappa shape index (κ3) is 3.25. The summed E-state index contributed by atoms with van der Waals surface area (Å²) in [7, 11) is 0. The van der Waals surface area contributed by atoms with Gasteiger partial charge in [-0.1, -0.05) is 5.16 Å². The van der Waals surface area contributed by atoms with E-state index in [9.17, 15) is 18.0 Å². The van der Waals surface area contributed by atoms with Crippen molar-refractivity contribution in [3.05, 3.63) is 28.3 Å². The number of halogens is 3. The fourth-order valence-electron chi connectivity index (χ4n) is 2.33. The molecule has 2 aromatic rings. The van der Waals surface area contributed by atoms with Gasteiger partial charge in [-0.2, -0.15) is 24.9 Å². The monoisotopic (exact) mass is 362 g/mol. The highest BCUT2D eigenvalue weighted by molar-refractivity contribution is 7.99. The number of alkyl halides is 3. The van der Waals surface area contributed by atoms with Gasteiger partial charge in [0.1, 0.15) is 5.69 Å². The fourth-order valence-corrected chi connectivity index (χ4v) is 4.25. The van der Waals surface area contributed by atoms with Crippen molar-refractivity contribution in [3.63, 3.8) is 0 Å². The Morgan fingerprint density at radius 3 is 2.61 bits per heavy atom. The van der Waals surface area contributed by atoms with Gasteiger partial charge in [0.05, 0.1) is 9.75 Å². The lowest BCUT2D eigenvalue weighted by molar-refractivity contribution is -0.156. The summed E-state index contributed by atoms with van der Waals surface area (Å²) >= 11 is 2.94. The molecule has 3 heterocycles. The maximum Gasteiger partial charge on any atom is 0.452 e. The smallest absolute Gasteiger partial charge is 0.351 e. The largest absolute Gasteiger partial charge is 0.452 e. The van der Waals surface area contributed by atoms with Crippen LogP contribution in [0, 0.1) is 6.92 Å². The second-order valence-electron chi connectivity index (χ2n) is 5.05. The molecule has 0 spiro atoms. The molecule has 0 unspecified atom stereocenters. The van der Waals surface area contributed by atoms with Crippen molar-refractivity contribution in [3.8, 4) is 10.6 Å². The molecule has 9 heteroatoms. The van der Waals surface area contributed by atoms with Crippen molar-refractivity contribution in [1.29, 1.82) is 0 Å². The van der Waals surface area contributed by atoms with Crippen LogP contribution in [0.1, 0.15) is 21.0 Å². The quantitative estimate of drug-likeness (QED) is 0.812. The van der Waals surface area contributed by atoms with Crippen molar-refractivity contribution in [2.75, 3.05) is 24.6 Å². The first-order valence-electron chi connectivity index (χ1n) is 6.88. The molecular weight excluding hydrogens is 349 g/mol. The van der Waals surface area contributed by atoms with Crippen LogP contribution in [0.15, 0.2) is 16.7 Å². The number of hydrogen-bond acceptors (Lipinski definition) is 5. The molecule has 3 rings (SSSR count). The zero-order valence-corrected chi connectivity index (χ0v) is 13.8. The third-order valence-corrected chi connectivity index (χ3v) is 5.55. The maximum absolute atomic E-state index is 12.8. The van der Waals surface area contributed by atoms with Crippen LogP contribution in [-0.4, -0.2) is 40.6 Å². The number of carbonyl (C=O) groups excluding carboxylic acids is 1. The zero-order chi connectivity index (χ0) is 16.6. The summed E-state index contributed by atoms with van der Waals surface area (Å²) in [6.07, 6.45) is -4.57. The summed E-state index contributed by atoms with van der Waals surface area (Å²) in [5.74, 6) is 0.628. The molecule has 1 aliphatic heterocycles. The van der Waals surface area contributed by atoms with Gasteiger partial charge >= 0.3 is 6.18 Å². The summed E-state index contributed by atoms with van der Waals surface area (Å²) in [4.78, 5) is 15.2. The Morgan fingerprint density at radius 1 is 1.30 bits per heavy atom. The Labute approximate surface area is 138 Å².